The maximum atomic E-state index is 13.1. The Labute approximate surface area is 157 Å². The van der Waals surface area contributed by atoms with Crippen LogP contribution in [0.2, 0.25) is 0 Å². The van der Waals surface area contributed by atoms with Gasteiger partial charge in [0.25, 0.3) is 5.56 Å². The molecule has 1 aliphatic rings. The molecule has 1 saturated carbocycles. The lowest BCUT2D eigenvalue weighted by atomic mass is 10.1. The Bertz CT molecular complexity index is 1050. The molecule has 0 bridgehead atoms. The van der Waals surface area contributed by atoms with Gasteiger partial charge in [0, 0.05) is 24.6 Å². The van der Waals surface area contributed by atoms with E-state index in [1.807, 2.05) is 31.2 Å². The molecule has 3 aromatic heterocycles. The van der Waals surface area contributed by atoms with Crippen LogP contribution < -0.4 is 10.9 Å². The molecule has 3 heterocycles. The lowest BCUT2D eigenvalue weighted by Gasteiger charge is -2.20. The standard InChI is InChI=1S/C20H26N4O3/c1-4-14(19(25)21-13-8-6-7-9-13)24-20(26)16-11-17-15(10-12(3)27-17)23(16)18(5-2)22-24/h10-11,13-14H,4-9H2,1-3H3,(H,21,25). The van der Waals surface area contributed by atoms with Crippen LogP contribution in [-0.2, 0) is 11.2 Å². The second kappa shape index (κ2) is 6.87. The van der Waals surface area contributed by atoms with Crippen molar-refractivity contribution in [1.29, 1.82) is 0 Å². The molecule has 1 amide bonds. The molecule has 144 valence electrons. The zero-order chi connectivity index (χ0) is 19.1. The molecule has 1 fully saturated rings. The number of furan rings is 1. The Morgan fingerprint density at radius 1 is 1.30 bits per heavy atom. The zero-order valence-corrected chi connectivity index (χ0v) is 16.1. The molecule has 7 heteroatoms. The summed E-state index contributed by atoms with van der Waals surface area (Å²) >= 11 is 0. The van der Waals surface area contributed by atoms with Gasteiger partial charge in [-0.15, -0.1) is 0 Å². The maximum absolute atomic E-state index is 13.1. The molecule has 0 radical (unpaired) electrons. The maximum Gasteiger partial charge on any atom is 0.291 e. The van der Waals surface area contributed by atoms with Gasteiger partial charge in [-0.1, -0.05) is 26.7 Å². The van der Waals surface area contributed by atoms with Crippen molar-refractivity contribution < 1.29 is 9.21 Å². The molecule has 1 N–H and O–H groups in total. The summed E-state index contributed by atoms with van der Waals surface area (Å²) in [6.07, 6.45) is 5.48. The molecule has 0 aliphatic heterocycles. The number of carbonyl (C=O) groups is 1. The van der Waals surface area contributed by atoms with Crippen LogP contribution in [0.4, 0.5) is 0 Å². The van der Waals surface area contributed by atoms with Crippen molar-refractivity contribution in [2.45, 2.75) is 71.4 Å². The van der Waals surface area contributed by atoms with E-state index >= 15 is 0 Å². The van der Waals surface area contributed by atoms with Gasteiger partial charge in [-0.25, -0.2) is 4.68 Å². The predicted octanol–water partition coefficient (Wildman–Crippen LogP) is 3.12. The van der Waals surface area contributed by atoms with E-state index in [-0.39, 0.29) is 17.5 Å². The van der Waals surface area contributed by atoms with Crippen molar-refractivity contribution >= 4 is 22.5 Å². The summed E-state index contributed by atoms with van der Waals surface area (Å²) in [5.74, 6) is 1.42. The highest BCUT2D eigenvalue weighted by Crippen LogP contribution is 2.24. The molecule has 1 atom stereocenters. The van der Waals surface area contributed by atoms with Crippen LogP contribution in [-0.4, -0.2) is 26.1 Å². The van der Waals surface area contributed by atoms with Crippen LogP contribution in [0, 0.1) is 6.92 Å². The van der Waals surface area contributed by atoms with E-state index in [0.29, 0.717) is 23.9 Å². The lowest BCUT2D eigenvalue weighted by molar-refractivity contribution is -0.125. The van der Waals surface area contributed by atoms with E-state index in [1.54, 1.807) is 6.07 Å². The van der Waals surface area contributed by atoms with Crippen molar-refractivity contribution in [2.75, 3.05) is 0 Å². The minimum absolute atomic E-state index is 0.114. The second-order valence-electron chi connectivity index (χ2n) is 7.41. The molecule has 27 heavy (non-hydrogen) atoms. The Kier molecular flexibility index (Phi) is 4.53. The van der Waals surface area contributed by atoms with E-state index in [4.69, 9.17) is 4.42 Å². The molecule has 4 rings (SSSR count). The fourth-order valence-electron chi connectivity index (χ4n) is 4.16. The van der Waals surface area contributed by atoms with Crippen LogP contribution in [0.25, 0.3) is 16.6 Å². The van der Waals surface area contributed by atoms with Gasteiger partial charge in [0.1, 0.15) is 23.1 Å². The number of hydrogen-bond donors (Lipinski definition) is 1. The van der Waals surface area contributed by atoms with E-state index in [0.717, 1.165) is 42.8 Å². The van der Waals surface area contributed by atoms with Crippen molar-refractivity contribution in [3.63, 3.8) is 0 Å². The summed E-state index contributed by atoms with van der Waals surface area (Å²) in [7, 11) is 0. The number of fused-ring (bicyclic) bond motifs is 3. The third-order valence-corrected chi connectivity index (χ3v) is 5.52. The molecular weight excluding hydrogens is 344 g/mol. The fraction of sp³-hybridized carbons (Fsp3) is 0.550. The van der Waals surface area contributed by atoms with Gasteiger partial charge >= 0.3 is 0 Å². The number of carbonyl (C=O) groups excluding carboxylic acids is 1. The van der Waals surface area contributed by atoms with Crippen molar-refractivity contribution in [3.05, 3.63) is 34.1 Å². The van der Waals surface area contributed by atoms with Gasteiger partial charge in [0.05, 0.1) is 5.52 Å². The smallest absolute Gasteiger partial charge is 0.291 e. The highest BCUT2D eigenvalue weighted by atomic mass is 16.3. The third kappa shape index (κ3) is 2.95. The van der Waals surface area contributed by atoms with E-state index in [2.05, 4.69) is 10.4 Å². The number of amides is 1. The van der Waals surface area contributed by atoms with Gasteiger partial charge in [0.15, 0.2) is 5.58 Å². The highest BCUT2D eigenvalue weighted by Gasteiger charge is 2.27. The van der Waals surface area contributed by atoms with E-state index in [9.17, 15) is 9.59 Å². The number of aromatic nitrogens is 3. The summed E-state index contributed by atoms with van der Waals surface area (Å²) in [5.41, 5.74) is 1.76. The molecule has 1 aliphatic carbocycles. The minimum atomic E-state index is -0.601. The van der Waals surface area contributed by atoms with Gasteiger partial charge in [-0.05, 0) is 26.2 Å². The Hall–Kier alpha value is -2.57. The van der Waals surface area contributed by atoms with E-state index < -0.39 is 6.04 Å². The number of nitrogens with one attached hydrogen (secondary N) is 1. The van der Waals surface area contributed by atoms with E-state index in [1.165, 1.54) is 4.68 Å². The fourth-order valence-corrected chi connectivity index (χ4v) is 4.16. The van der Waals surface area contributed by atoms with Crippen LogP contribution in [0.3, 0.4) is 0 Å². The average Bonchev–Trinajstić information content (AvgIpc) is 3.34. The highest BCUT2D eigenvalue weighted by molar-refractivity contribution is 5.84. The van der Waals surface area contributed by atoms with Gasteiger partial charge in [-0.2, -0.15) is 5.10 Å². The van der Waals surface area contributed by atoms with Crippen LogP contribution in [0.1, 0.15) is 63.6 Å². The Morgan fingerprint density at radius 2 is 2.04 bits per heavy atom. The molecule has 0 spiro atoms. The quantitative estimate of drug-likeness (QED) is 0.748. The number of aryl methyl sites for hydroxylation is 2. The molecular formula is C20H26N4O3. The average molecular weight is 370 g/mol. The van der Waals surface area contributed by atoms with Gasteiger partial charge < -0.3 is 9.73 Å². The largest absolute Gasteiger partial charge is 0.460 e. The minimum Gasteiger partial charge on any atom is -0.460 e. The first-order valence-electron chi connectivity index (χ1n) is 9.87. The van der Waals surface area contributed by atoms with Gasteiger partial charge in [-0.3, -0.25) is 14.0 Å². The first-order valence-corrected chi connectivity index (χ1v) is 9.87. The van der Waals surface area contributed by atoms with Crippen LogP contribution in [0.15, 0.2) is 21.3 Å². The topological polar surface area (TPSA) is 81.5 Å². The van der Waals surface area contributed by atoms with Crippen molar-refractivity contribution in [3.8, 4) is 0 Å². The summed E-state index contributed by atoms with van der Waals surface area (Å²) in [5, 5.41) is 7.69. The van der Waals surface area contributed by atoms with Crippen molar-refractivity contribution in [2.24, 2.45) is 0 Å². The number of rotatable bonds is 5. The first kappa shape index (κ1) is 17.8. The van der Waals surface area contributed by atoms with Crippen molar-refractivity contribution in [1.82, 2.24) is 19.5 Å². The third-order valence-electron chi connectivity index (χ3n) is 5.52. The summed E-state index contributed by atoms with van der Waals surface area (Å²) in [6, 6.07) is 3.28. The molecule has 0 aromatic carbocycles. The monoisotopic (exact) mass is 370 g/mol. The normalized spacial score (nSPS) is 16.4. The number of nitrogens with zero attached hydrogens (tertiary/aromatic N) is 3. The van der Waals surface area contributed by atoms with Crippen LogP contribution >= 0.6 is 0 Å². The Morgan fingerprint density at radius 3 is 2.70 bits per heavy atom. The predicted molar refractivity (Wildman–Crippen MR) is 103 cm³/mol. The summed E-state index contributed by atoms with van der Waals surface area (Å²) in [4.78, 5) is 26.0. The molecule has 1 unspecified atom stereocenters. The summed E-state index contributed by atoms with van der Waals surface area (Å²) < 4.78 is 8.91. The SMILES string of the molecule is CCc1nn(C(CC)C(=O)NC2CCCC2)c(=O)c2cc3oc(C)cc3n12. The Balaban J connectivity index is 1.81. The van der Waals surface area contributed by atoms with Gasteiger partial charge in [0.2, 0.25) is 5.91 Å². The number of hydrogen-bond acceptors (Lipinski definition) is 4. The lowest BCUT2D eigenvalue weighted by Crippen LogP contribution is -2.42. The first-order chi connectivity index (χ1) is 13.0. The van der Waals surface area contributed by atoms with Crippen LogP contribution in [0.5, 0.6) is 0 Å². The molecule has 3 aromatic rings. The molecule has 0 saturated heterocycles. The second-order valence-corrected chi connectivity index (χ2v) is 7.41. The molecule has 7 nitrogen and oxygen atoms in total. The zero-order valence-electron chi connectivity index (χ0n) is 16.1. The summed E-state index contributed by atoms with van der Waals surface area (Å²) in [6.45, 7) is 5.79.